The topological polar surface area (TPSA) is 41.6 Å². The fourth-order valence-corrected chi connectivity index (χ4v) is 0.417. The fraction of sp³-hybridized carbons (Fsp3) is 0.200. The molecule has 0 saturated carbocycles. The summed E-state index contributed by atoms with van der Waals surface area (Å²) in [5.41, 5.74) is 0.463. The molecule has 1 aromatic heterocycles. The van der Waals surface area contributed by atoms with Crippen LogP contribution in [0.1, 0.15) is 5.69 Å². The Morgan fingerprint density at radius 3 is 2.78 bits per heavy atom. The van der Waals surface area contributed by atoms with Gasteiger partial charge in [0.2, 0.25) is 0 Å². The van der Waals surface area contributed by atoms with Crippen LogP contribution in [-0.2, 0) is 39.8 Å². The minimum Gasteiger partial charge on any atom is -0.399 e. The average molecular weight is 195 g/mol. The molecule has 0 unspecified atom stereocenters. The second kappa shape index (κ2) is 3.76. The molecule has 1 aromatic rings. The van der Waals surface area contributed by atoms with E-state index in [-0.39, 0.29) is 32.7 Å². The zero-order valence-electron chi connectivity index (χ0n) is 5.00. The van der Waals surface area contributed by atoms with Crippen LogP contribution in [0.3, 0.4) is 0 Å². The Bertz CT molecular complexity index is 222. The van der Waals surface area contributed by atoms with E-state index < -0.39 is 0 Å². The Morgan fingerprint density at radius 1 is 1.89 bits per heavy atom. The number of hydrogen-bond donors (Lipinski definition) is 0. The van der Waals surface area contributed by atoms with E-state index in [0.717, 1.165) is 0 Å². The molecule has 9 heavy (non-hydrogen) atoms. The van der Waals surface area contributed by atoms with Gasteiger partial charge >= 0.3 is 0 Å². The molecular weight excluding hydrogens is 191 g/mol. The smallest absolute Gasteiger partial charge is 0 e. The van der Waals surface area contributed by atoms with Gasteiger partial charge in [-0.25, -0.2) is 0 Å². The van der Waals surface area contributed by atoms with Gasteiger partial charge in [0.1, 0.15) is 0 Å². The molecule has 0 spiro atoms. The van der Waals surface area contributed by atoms with Crippen molar-refractivity contribution in [3.05, 3.63) is 18.2 Å². The Kier molecular flexibility index (Phi) is 3.68. The van der Waals surface area contributed by atoms with Gasteiger partial charge in [-0.2, -0.15) is 0 Å². The van der Waals surface area contributed by atoms with E-state index in [1.807, 2.05) is 6.07 Å². The summed E-state index contributed by atoms with van der Waals surface area (Å²) in [6, 6.07) is 1.92. The van der Waals surface area contributed by atoms with Crippen molar-refractivity contribution < 1.29 is 32.7 Å². The minimum absolute atomic E-state index is 0. The zero-order chi connectivity index (χ0) is 5.98. The molecule has 0 aliphatic heterocycles. The summed E-state index contributed by atoms with van der Waals surface area (Å²) in [5.74, 6) is 0. The zero-order valence-corrected chi connectivity index (χ0v) is 7.83. The summed E-state index contributed by atoms with van der Waals surface area (Å²) in [5, 5.41) is 8.27. The van der Waals surface area contributed by atoms with Crippen LogP contribution in [0, 0.1) is 17.5 Å². The van der Waals surface area contributed by atoms with E-state index in [9.17, 15) is 0 Å². The van der Waals surface area contributed by atoms with E-state index in [1.165, 1.54) is 0 Å². The first-order chi connectivity index (χ1) is 3.84. The number of aromatic nitrogens is 2. The maximum absolute atomic E-state index is 8.27. The van der Waals surface area contributed by atoms with Crippen LogP contribution >= 0.6 is 0 Å². The molecule has 1 rings (SSSR count). The van der Waals surface area contributed by atoms with Crippen molar-refractivity contribution in [1.29, 1.82) is 5.26 Å². The second-order valence-electron chi connectivity index (χ2n) is 1.43. The fourth-order valence-electron chi connectivity index (χ4n) is 0.417. The first-order valence-corrected chi connectivity index (χ1v) is 2.13. The third-order valence-electron chi connectivity index (χ3n) is 0.860. The van der Waals surface area contributed by atoms with Crippen LogP contribution in [0.15, 0.2) is 6.33 Å². The predicted molar refractivity (Wildman–Crippen MR) is 26.8 cm³/mol. The van der Waals surface area contributed by atoms with E-state index in [2.05, 4.69) is 11.2 Å². The molecule has 0 amide bonds. The van der Waals surface area contributed by atoms with Gasteiger partial charge in [-0.05, 0) is 31.3 Å². The van der Waals surface area contributed by atoms with Crippen LogP contribution in [-0.4, -0.2) is 9.55 Å². The van der Waals surface area contributed by atoms with Crippen LogP contribution in [0.5, 0.6) is 0 Å². The summed E-state index contributed by atoms with van der Waals surface area (Å²) in [4.78, 5) is 3.61. The van der Waals surface area contributed by atoms with E-state index >= 15 is 0 Å². The minimum atomic E-state index is 0. The third kappa shape index (κ3) is 1.89. The van der Waals surface area contributed by atoms with Crippen LogP contribution < -0.4 is 0 Å². The van der Waals surface area contributed by atoms with Crippen molar-refractivity contribution in [3.8, 4) is 6.07 Å². The van der Waals surface area contributed by atoms with Gasteiger partial charge in [-0.3, -0.25) is 5.26 Å². The summed E-state index contributed by atoms with van der Waals surface area (Å²) in [7, 11) is 1.75. The molecule has 0 aromatic carbocycles. The molecule has 0 saturated heterocycles. The molecule has 0 aliphatic rings. The van der Waals surface area contributed by atoms with Crippen LogP contribution in [0.2, 0.25) is 0 Å². The van der Waals surface area contributed by atoms with Crippen molar-refractivity contribution >= 4 is 0 Å². The molecule has 0 atom stereocenters. The molecule has 0 aliphatic carbocycles. The molecule has 3 nitrogen and oxygen atoms in total. The Morgan fingerprint density at radius 2 is 2.56 bits per heavy atom. The number of nitriles is 1. The second-order valence-corrected chi connectivity index (χ2v) is 1.43. The van der Waals surface area contributed by atoms with Crippen molar-refractivity contribution in [3.63, 3.8) is 0 Å². The summed E-state index contributed by atoms with van der Waals surface area (Å²) >= 11 is 0. The first kappa shape index (κ1) is 8.80. The number of hydrogen-bond acceptors (Lipinski definition) is 2. The van der Waals surface area contributed by atoms with Crippen LogP contribution in [0.25, 0.3) is 0 Å². The summed E-state index contributed by atoms with van der Waals surface area (Å²) in [6.07, 6.45) is 4.05. The number of imidazole rings is 1. The molecule has 43 valence electrons. The molecular formula is C5H4N3Y-. The van der Waals surface area contributed by atoms with Gasteiger partial charge in [0.05, 0.1) is 0 Å². The maximum Gasteiger partial charge on any atom is 0 e. The van der Waals surface area contributed by atoms with Crippen molar-refractivity contribution in [1.82, 2.24) is 9.55 Å². The Labute approximate surface area is 78.6 Å². The SMILES string of the molecule is Cn1cn[c-]c1C#N.[Y]. The molecule has 1 heterocycles. The van der Waals surface area contributed by atoms with E-state index in [0.29, 0.717) is 5.69 Å². The third-order valence-corrected chi connectivity index (χ3v) is 0.860. The standard InChI is InChI=1S/C5H4N3.Y/c1-8-4-7-3-5(8)2-6;/h4H,1H3;/q-1;. The van der Waals surface area contributed by atoms with Gasteiger partial charge in [0.25, 0.3) is 0 Å². The normalized spacial score (nSPS) is 7.56. The molecule has 0 bridgehead atoms. The first-order valence-electron chi connectivity index (χ1n) is 2.13. The number of aryl methyl sites for hydroxylation is 1. The summed E-state index contributed by atoms with van der Waals surface area (Å²) < 4.78 is 1.61. The van der Waals surface area contributed by atoms with E-state index in [1.54, 1.807) is 17.9 Å². The maximum atomic E-state index is 8.27. The molecule has 1 radical (unpaired) electrons. The number of nitrogens with zero attached hydrogens (tertiary/aromatic N) is 3. The van der Waals surface area contributed by atoms with Gasteiger partial charge in [0, 0.05) is 32.7 Å². The number of rotatable bonds is 0. The van der Waals surface area contributed by atoms with Gasteiger partial charge in [-0.1, -0.05) is 0 Å². The van der Waals surface area contributed by atoms with Crippen molar-refractivity contribution in [2.24, 2.45) is 7.05 Å². The quantitative estimate of drug-likeness (QED) is 0.550. The van der Waals surface area contributed by atoms with Gasteiger partial charge in [-0.15, -0.1) is 0 Å². The Balaban J connectivity index is 0.000000640. The van der Waals surface area contributed by atoms with Crippen LogP contribution in [0.4, 0.5) is 0 Å². The average Bonchev–Trinajstić information content (AvgIpc) is 2.14. The largest absolute Gasteiger partial charge is 0.399 e. The monoisotopic (exact) mass is 195 g/mol. The van der Waals surface area contributed by atoms with Crippen molar-refractivity contribution in [2.75, 3.05) is 0 Å². The molecule has 0 fully saturated rings. The van der Waals surface area contributed by atoms with Gasteiger partial charge < -0.3 is 9.55 Å². The molecule has 4 heteroatoms. The summed E-state index contributed by atoms with van der Waals surface area (Å²) in [6.45, 7) is 0. The van der Waals surface area contributed by atoms with Gasteiger partial charge in [0.15, 0.2) is 0 Å². The predicted octanol–water partition coefficient (Wildman–Crippen LogP) is 0.0895. The van der Waals surface area contributed by atoms with E-state index in [4.69, 9.17) is 5.26 Å². The van der Waals surface area contributed by atoms with Crippen molar-refractivity contribution in [2.45, 2.75) is 0 Å². The Hall–Kier alpha value is -0.196. The molecule has 0 N–H and O–H groups in total.